The van der Waals surface area contributed by atoms with Crippen LogP contribution in [-0.2, 0) is 13.0 Å². The third kappa shape index (κ3) is 3.35. The summed E-state index contributed by atoms with van der Waals surface area (Å²) in [6.07, 6.45) is 0.764. The standard InChI is InChI=1S/C16H13Cl2IN2/c17-8-7-16-20-14-9-13(19)5-6-15(14)21(16)10-11-1-3-12(18)4-2-11/h1-6,9H,7-8,10H2. The van der Waals surface area contributed by atoms with Crippen LogP contribution >= 0.6 is 45.8 Å². The summed E-state index contributed by atoms with van der Waals surface area (Å²) in [4.78, 5) is 4.72. The average molecular weight is 431 g/mol. The Hall–Kier alpha value is -0.780. The number of imidazole rings is 1. The van der Waals surface area contributed by atoms with Crippen molar-refractivity contribution < 1.29 is 0 Å². The zero-order chi connectivity index (χ0) is 14.8. The molecule has 0 saturated carbocycles. The van der Waals surface area contributed by atoms with E-state index in [0.717, 1.165) is 34.8 Å². The Balaban J connectivity index is 2.06. The van der Waals surface area contributed by atoms with Gasteiger partial charge in [0.2, 0.25) is 0 Å². The Bertz CT molecular complexity index is 766. The number of halogens is 3. The molecule has 0 atom stereocenters. The summed E-state index contributed by atoms with van der Waals surface area (Å²) in [5.74, 6) is 1.60. The third-order valence-electron chi connectivity index (χ3n) is 3.36. The van der Waals surface area contributed by atoms with Gasteiger partial charge in [-0.05, 0) is 58.5 Å². The van der Waals surface area contributed by atoms with Gasteiger partial charge in [-0.15, -0.1) is 11.6 Å². The molecule has 3 aromatic rings. The summed E-state index contributed by atoms with van der Waals surface area (Å²) in [5.41, 5.74) is 3.37. The summed E-state index contributed by atoms with van der Waals surface area (Å²) in [6.45, 7) is 0.778. The van der Waals surface area contributed by atoms with Crippen LogP contribution < -0.4 is 0 Å². The number of alkyl halides is 1. The van der Waals surface area contributed by atoms with Crippen molar-refractivity contribution in [2.45, 2.75) is 13.0 Å². The van der Waals surface area contributed by atoms with Crippen molar-refractivity contribution in [3.8, 4) is 0 Å². The Labute approximate surface area is 147 Å². The van der Waals surface area contributed by atoms with E-state index >= 15 is 0 Å². The predicted molar refractivity (Wildman–Crippen MR) is 97.4 cm³/mol. The van der Waals surface area contributed by atoms with Crippen LogP contribution in [0.3, 0.4) is 0 Å². The van der Waals surface area contributed by atoms with Gasteiger partial charge in [0.15, 0.2) is 0 Å². The summed E-state index contributed by atoms with van der Waals surface area (Å²) >= 11 is 14.2. The molecule has 2 nitrogen and oxygen atoms in total. The minimum atomic E-state index is 0.570. The molecule has 1 heterocycles. The molecular weight excluding hydrogens is 418 g/mol. The smallest absolute Gasteiger partial charge is 0.111 e. The summed E-state index contributed by atoms with van der Waals surface area (Å²) in [7, 11) is 0. The molecule has 0 aliphatic heterocycles. The molecule has 0 N–H and O–H groups in total. The number of benzene rings is 2. The van der Waals surface area contributed by atoms with Gasteiger partial charge >= 0.3 is 0 Å². The molecule has 0 spiro atoms. The monoisotopic (exact) mass is 430 g/mol. The second-order valence-electron chi connectivity index (χ2n) is 4.81. The van der Waals surface area contributed by atoms with E-state index in [0.29, 0.717) is 5.88 Å². The number of aromatic nitrogens is 2. The number of nitrogens with zero attached hydrogens (tertiary/aromatic N) is 2. The molecule has 3 rings (SSSR count). The second-order valence-corrected chi connectivity index (χ2v) is 6.87. The molecule has 2 aromatic carbocycles. The van der Waals surface area contributed by atoms with Crippen molar-refractivity contribution in [3.63, 3.8) is 0 Å². The highest BCUT2D eigenvalue weighted by Crippen LogP contribution is 2.21. The Morgan fingerprint density at radius 1 is 1.10 bits per heavy atom. The molecule has 5 heteroatoms. The quantitative estimate of drug-likeness (QED) is 0.414. The number of fused-ring (bicyclic) bond motifs is 1. The molecule has 21 heavy (non-hydrogen) atoms. The molecule has 0 aliphatic rings. The second kappa shape index (κ2) is 6.55. The van der Waals surface area contributed by atoms with Gasteiger partial charge in [0, 0.05) is 27.4 Å². The highest BCUT2D eigenvalue weighted by Gasteiger charge is 2.11. The van der Waals surface area contributed by atoms with E-state index < -0.39 is 0 Å². The van der Waals surface area contributed by atoms with Crippen LogP contribution in [0.5, 0.6) is 0 Å². The lowest BCUT2D eigenvalue weighted by molar-refractivity contribution is 0.754. The van der Waals surface area contributed by atoms with E-state index in [1.54, 1.807) is 0 Å². The van der Waals surface area contributed by atoms with E-state index in [1.165, 1.54) is 9.13 Å². The molecule has 0 aliphatic carbocycles. The maximum atomic E-state index is 5.95. The molecule has 0 amide bonds. The van der Waals surface area contributed by atoms with Crippen molar-refractivity contribution >= 4 is 56.8 Å². The number of hydrogen-bond acceptors (Lipinski definition) is 1. The van der Waals surface area contributed by atoms with Gasteiger partial charge in [-0.25, -0.2) is 4.98 Å². The van der Waals surface area contributed by atoms with Crippen LogP contribution in [0.4, 0.5) is 0 Å². The third-order valence-corrected chi connectivity index (χ3v) is 4.47. The lowest BCUT2D eigenvalue weighted by Gasteiger charge is -2.09. The summed E-state index contributed by atoms with van der Waals surface area (Å²) < 4.78 is 3.42. The SMILES string of the molecule is ClCCc1nc2cc(I)ccc2n1Cc1ccc(Cl)cc1. The minimum Gasteiger partial charge on any atom is -0.323 e. The fourth-order valence-corrected chi connectivity index (χ4v) is 3.15. The van der Waals surface area contributed by atoms with Crippen LogP contribution in [-0.4, -0.2) is 15.4 Å². The molecule has 0 bridgehead atoms. The molecule has 0 radical (unpaired) electrons. The first-order valence-electron chi connectivity index (χ1n) is 6.62. The van der Waals surface area contributed by atoms with Crippen molar-refractivity contribution in [2.75, 3.05) is 5.88 Å². The fraction of sp³-hybridized carbons (Fsp3) is 0.188. The lowest BCUT2D eigenvalue weighted by atomic mass is 10.2. The topological polar surface area (TPSA) is 17.8 Å². The minimum absolute atomic E-state index is 0.570. The molecule has 0 saturated heterocycles. The highest BCUT2D eigenvalue weighted by molar-refractivity contribution is 14.1. The van der Waals surface area contributed by atoms with Crippen molar-refractivity contribution in [3.05, 3.63) is 62.4 Å². The Morgan fingerprint density at radius 3 is 2.57 bits per heavy atom. The first-order valence-corrected chi connectivity index (χ1v) is 8.61. The zero-order valence-electron chi connectivity index (χ0n) is 11.2. The van der Waals surface area contributed by atoms with E-state index in [1.807, 2.05) is 24.3 Å². The number of rotatable bonds is 4. The van der Waals surface area contributed by atoms with E-state index in [9.17, 15) is 0 Å². The van der Waals surface area contributed by atoms with Gasteiger partial charge in [-0.3, -0.25) is 0 Å². The van der Waals surface area contributed by atoms with E-state index in [4.69, 9.17) is 28.2 Å². The highest BCUT2D eigenvalue weighted by atomic mass is 127. The number of hydrogen-bond donors (Lipinski definition) is 0. The van der Waals surface area contributed by atoms with Gasteiger partial charge in [0.05, 0.1) is 11.0 Å². The average Bonchev–Trinajstić information content (AvgIpc) is 2.79. The van der Waals surface area contributed by atoms with Crippen molar-refractivity contribution in [1.82, 2.24) is 9.55 Å². The van der Waals surface area contributed by atoms with Gasteiger partial charge in [-0.2, -0.15) is 0 Å². The first-order chi connectivity index (χ1) is 10.2. The van der Waals surface area contributed by atoms with Crippen LogP contribution in [0.25, 0.3) is 11.0 Å². The van der Waals surface area contributed by atoms with Gasteiger partial charge < -0.3 is 4.57 Å². The maximum absolute atomic E-state index is 5.95. The molecule has 0 fully saturated rings. The van der Waals surface area contributed by atoms with Crippen LogP contribution in [0.1, 0.15) is 11.4 Å². The largest absolute Gasteiger partial charge is 0.323 e. The van der Waals surface area contributed by atoms with Gasteiger partial charge in [0.25, 0.3) is 0 Å². The summed E-state index contributed by atoms with van der Waals surface area (Å²) in [5, 5.41) is 0.754. The van der Waals surface area contributed by atoms with Gasteiger partial charge in [-0.1, -0.05) is 23.7 Å². The van der Waals surface area contributed by atoms with Crippen molar-refractivity contribution in [2.24, 2.45) is 0 Å². The molecular formula is C16H13Cl2IN2. The predicted octanol–water partition coefficient (Wildman–Crippen LogP) is 5.12. The van der Waals surface area contributed by atoms with Crippen LogP contribution in [0.2, 0.25) is 5.02 Å². The van der Waals surface area contributed by atoms with Crippen molar-refractivity contribution in [1.29, 1.82) is 0 Å². The van der Waals surface area contributed by atoms with Crippen LogP contribution in [0.15, 0.2) is 42.5 Å². The van der Waals surface area contributed by atoms with E-state index in [-0.39, 0.29) is 0 Å². The number of aryl methyl sites for hydroxylation is 1. The molecule has 108 valence electrons. The van der Waals surface area contributed by atoms with Gasteiger partial charge in [0.1, 0.15) is 5.82 Å². The first kappa shape index (κ1) is 15.1. The maximum Gasteiger partial charge on any atom is 0.111 e. The Morgan fingerprint density at radius 2 is 1.86 bits per heavy atom. The molecule has 1 aromatic heterocycles. The summed E-state index contributed by atoms with van der Waals surface area (Å²) in [6, 6.07) is 14.3. The van der Waals surface area contributed by atoms with E-state index in [2.05, 4.69) is 45.4 Å². The lowest BCUT2D eigenvalue weighted by Crippen LogP contribution is -2.05. The Kier molecular flexibility index (Phi) is 4.72. The fourth-order valence-electron chi connectivity index (χ4n) is 2.38. The zero-order valence-corrected chi connectivity index (χ0v) is 14.9. The van der Waals surface area contributed by atoms with Crippen LogP contribution in [0, 0.1) is 3.57 Å². The normalized spacial score (nSPS) is 11.2. The molecule has 0 unspecified atom stereocenters.